The van der Waals surface area contributed by atoms with Gasteiger partial charge in [0.1, 0.15) is 0 Å². The Labute approximate surface area is 127 Å². The van der Waals surface area contributed by atoms with Crippen molar-refractivity contribution < 1.29 is 0 Å². The lowest BCUT2D eigenvalue weighted by Gasteiger charge is -2.08. The Morgan fingerprint density at radius 2 is 2.00 bits per heavy atom. The minimum absolute atomic E-state index is 0. The molecule has 1 aromatic rings. The first-order valence-corrected chi connectivity index (χ1v) is 6.18. The summed E-state index contributed by atoms with van der Waals surface area (Å²) in [5, 5.41) is 3.14. The Kier molecular flexibility index (Phi) is 8.79. The third-order valence-corrected chi connectivity index (χ3v) is 2.59. The maximum Gasteiger partial charge on any atom is 0.188 e. The number of aliphatic imine (C=N–C) groups is 1. The van der Waals surface area contributed by atoms with Crippen LogP contribution in [0.15, 0.2) is 29.3 Å². The van der Waals surface area contributed by atoms with E-state index < -0.39 is 0 Å². The number of nitrogens with two attached hydrogens (primary N) is 1. The van der Waals surface area contributed by atoms with Gasteiger partial charge in [-0.2, -0.15) is 0 Å². The van der Waals surface area contributed by atoms with Crippen LogP contribution in [0.5, 0.6) is 0 Å². The number of halogens is 1. The van der Waals surface area contributed by atoms with E-state index in [2.05, 4.69) is 55.3 Å². The van der Waals surface area contributed by atoms with Crippen LogP contribution in [0.4, 0.5) is 0 Å². The van der Waals surface area contributed by atoms with Gasteiger partial charge in [-0.25, -0.2) is 0 Å². The highest BCUT2D eigenvalue weighted by molar-refractivity contribution is 14.0. The molecule has 4 heteroatoms. The SMILES string of the molecule is Cc1ccccc1CCNC(N)=NCC(C)C.I. The number of benzene rings is 1. The van der Waals surface area contributed by atoms with Crippen LogP contribution in [0.2, 0.25) is 0 Å². The number of nitrogens with one attached hydrogen (secondary N) is 1. The van der Waals surface area contributed by atoms with Crippen LogP contribution in [0.25, 0.3) is 0 Å². The molecule has 0 aliphatic heterocycles. The predicted molar refractivity (Wildman–Crippen MR) is 89.6 cm³/mol. The Hall–Kier alpha value is -0.780. The van der Waals surface area contributed by atoms with Crippen LogP contribution in [0.3, 0.4) is 0 Å². The van der Waals surface area contributed by atoms with Crippen LogP contribution in [-0.2, 0) is 6.42 Å². The third-order valence-electron chi connectivity index (χ3n) is 2.59. The second-order valence-electron chi connectivity index (χ2n) is 4.72. The molecule has 18 heavy (non-hydrogen) atoms. The van der Waals surface area contributed by atoms with Crippen LogP contribution in [0.1, 0.15) is 25.0 Å². The molecule has 0 aromatic heterocycles. The highest BCUT2D eigenvalue weighted by Crippen LogP contribution is 2.06. The van der Waals surface area contributed by atoms with E-state index >= 15 is 0 Å². The van der Waals surface area contributed by atoms with E-state index in [1.54, 1.807) is 0 Å². The number of aryl methyl sites for hydroxylation is 1. The molecular formula is C14H24IN3. The van der Waals surface area contributed by atoms with E-state index in [0.717, 1.165) is 19.5 Å². The second kappa shape index (κ2) is 9.19. The Morgan fingerprint density at radius 1 is 1.33 bits per heavy atom. The van der Waals surface area contributed by atoms with Crippen molar-refractivity contribution >= 4 is 29.9 Å². The largest absolute Gasteiger partial charge is 0.370 e. The summed E-state index contributed by atoms with van der Waals surface area (Å²) in [5.41, 5.74) is 8.45. The zero-order chi connectivity index (χ0) is 12.7. The summed E-state index contributed by atoms with van der Waals surface area (Å²) in [6.07, 6.45) is 0.977. The molecule has 1 rings (SSSR count). The Morgan fingerprint density at radius 3 is 2.61 bits per heavy atom. The van der Waals surface area contributed by atoms with E-state index in [1.165, 1.54) is 11.1 Å². The van der Waals surface area contributed by atoms with Gasteiger partial charge >= 0.3 is 0 Å². The van der Waals surface area contributed by atoms with Gasteiger partial charge in [0.2, 0.25) is 0 Å². The molecule has 0 unspecified atom stereocenters. The second-order valence-corrected chi connectivity index (χ2v) is 4.72. The molecule has 3 nitrogen and oxygen atoms in total. The topological polar surface area (TPSA) is 50.4 Å². The summed E-state index contributed by atoms with van der Waals surface area (Å²) < 4.78 is 0. The third kappa shape index (κ3) is 6.83. The van der Waals surface area contributed by atoms with Crippen LogP contribution in [-0.4, -0.2) is 19.0 Å². The van der Waals surface area contributed by atoms with Gasteiger partial charge in [-0.15, -0.1) is 24.0 Å². The average Bonchev–Trinajstić information content (AvgIpc) is 2.29. The average molecular weight is 361 g/mol. The zero-order valence-corrected chi connectivity index (χ0v) is 13.8. The number of guanidine groups is 1. The van der Waals surface area contributed by atoms with E-state index in [1.807, 2.05) is 0 Å². The van der Waals surface area contributed by atoms with Crippen molar-refractivity contribution in [1.82, 2.24) is 5.32 Å². The van der Waals surface area contributed by atoms with Gasteiger partial charge in [0, 0.05) is 13.1 Å². The predicted octanol–water partition coefficient (Wildman–Crippen LogP) is 2.72. The van der Waals surface area contributed by atoms with E-state index in [4.69, 9.17) is 5.73 Å². The van der Waals surface area contributed by atoms with Gasteiger partial charge in [0.15, 0.2) is 5.96 Å². The minimum atomic E-state index is 0. The molecule has 102 valence electrons. The van der Waals surface area contributed by atoms with Crippen molar-refractivity contribution in [2.45, 2.75) is 27.2 Å². The molecule has 1 aromatic carbocycles. The number of hydrogen-bond donors (Lipinski definition) is 2. The van der Waals surface area contributed by atoms with Gasteiger partial charge in [-0.3, -0.25) is 4.99 Å². The fourth-order valence-electron chi connectivity index (χ4n) is 1.55. The summed E-state index contributed by atoms with van der Waals surface area (Å²) in [7, 11) is 0. The molecule has 0 bridgehead atoms. The molecule has 0 spiro atoms. The highest BCUT2D eigenvalue weighted by Gasteiger charge is 1.97. The Balaban J connectivity index is 0.00000289. The fourth-order valence-corrected chi connectivity index (χ4v) is 1.55. The molecule has 0 aliphatic rings. The number of rotatable bonds is 5. The first-order valence-electron chi connectivity index (χ1n) is 6.18. The van der Waals surface area contributed by atoms with E-state index in [0.29, 0.717) is 11.9 Å². The lowest BCUT2D eigenvalue weighted by atomic mass is 10.1. The summed E-state index contributed by atoms with van der Waals surface area (Å²) in [4.78, 5) is 4.26. The molecule has 0 fully saturated rings. The molecule has 3 N–H and O–H groups in total. The first-order chi connectivity index (χ1) is 8.09. The fraction of sp³-hybridized carbons (Fsp3) is 0.500. The number of hydrogen-bond acceptors (Lipinski definition) is 1. The first kappa shape index (κ1) is 17.2. The zero-order valence-electron chi connectivity index (χ0n) is 11.4. The quantitative estimate of drug-likeness (QED) is 0.481. The molecule has 0 atom stereocenters. The van der Waals surface area contributed by atoms with Crippen molar-refractivity contribution in [3.05, 3.63) is 35.4 Å². The molecule has 0 saturated carbocycles. The molecule has 0 saturated heterocycles. The van der Waals surface area contributed by atoms with Crippen molar-refractivity contribution in [3.63, 3.8) is 0 Å². The van der Waals surface area contributed by atoms with E-state index in [-0.39, 0.29) is 24.0 Å². The number of nitrogens with zero attached hydrogens (tertiary/aromatic N) is 1. The molecule has 0 amide bonds. The van der Waals surface area contributed by atoms with Gasteiger partial charge in [-0.05, 0) is 30.4 Å². The van der Waals surface area contributed by atoms with Crippen molar-refractivity contribution in [2.24, 2.45) is 16.6 Å². The van der Waals surface area contributed by atoms with Crippen molar-refractivity contribution in [2.75, 3.05) is 13.1 Å². The van der Waals surface area contributed by atoms with Crippen molar-refractivity contribution in [3.8, 4) is 0 Å². The van der Waals surface area contributed by atoms with Crippen LogP contribution < -0.4 is 11.1 Å². The van der Waals surface area contributed by atoms with E-state index in [9.17, 15) is 0 Å². The van der Waals surface area contributed by atoms with Crippen LogP contribution >= 0.6 is 24.0 Å². The monoisotopic (exact) mass is 361 g/mol. The highest BCUT2D eigenvalue weighted by atomic mass is 127. The maximum absolute atomic E-state index is 5.76. The summed E-state index contributed by atoms with van der Waals surface area (Å²) >= 11 is 0. The standard InChI is InChI=1S/C14H23N3.HI/c1-11(2)10-17-14(15)16-9-8-13-7-5-4-6-12(13)3;/h4-7,11H,8-10H2,1-3H3,(H3,15,16,17);1H. The smallest absolute Gasteiger partial charge is 0.188 e. The van der Waals surface area contributed by atoms with Crippen LogP contribution in [0, 0.1) is 12.8 Å². The van der Waals surface area contributed by atoms with Crippen molar-refractivity contribution in [1.29, 1.82) is 0 Å². The molecular weight excluding hydrogens is 337 g/mol. The van der Waals surface area contributed by atoms with Gasteiger partial charge in [0.25, 0.3) is 0 Å². The normalized spacial score (nSPS) is 11.2. The lowest BCUT2D eigenvalue weighted by Crippen LogP contribution is -2.33. The summed E-state index contributed by atoms with van der Waals surface area (Å²) in [6, 6.07) is 8.41. The molecule has 0 aliphatic carbocycles. The Bertz CT molecular complexity index is 375. The van der Waals surface area contributed by atoms with Gasteiger partial charge < -0.3 is 11.1 Å². The summed E-state index contributed by atoms with van der Waals surface area (Å²) in [5.74, 6) is 1.10. The maximum atomic E-state index is 5.76. The minimum Gasteiger partial charge on any atom is -0.370 e. The molecule has 0 heterocycles. The summed E-state index contributed by atoms with van der Waals surface area (Å²) in [6.45, 7) is 8.00. The lowest BCUT2D eigenvalue weighted by molar-refractivity contribution is 0.661. The van der Waals surface area contributed by atoms with Gasteiger partial charge in [0.05, 0.1) is 0 Å². The molecule has 0 radical (unpaired) electrons. The van der Waals surface area contributed by atoms with Gasteiger partial charge in [-0.1, -0.05) is 38.1 Å².